The van der Waals surface area contributed by atoms with E-state index in [1.807, 2.05) is 6.92 Å². The highest BCUT2D eigenvalue weighted by Crippen LogP contribution is 2.15. The molecule has 1 N–H and O–H groups in total. The van der Waals surface area contributed by atoms with Crippen LogP contribution < -0.4 is 0 Å². The summed E-state index contributed by atoms with van der Waals surface area (Å²) < 4.78 is 2.10. The Morgan fingerprint density at radius 1 is 1.39 bits per heavy atom. The molecule has 0 amide bonds. The number of aryl methyl sites for hydroxylation is 2. The normalized spacial score (nSPS) is 13.3. The van der Waals surface area contributed by atoms with Crippen molar-refractivity contribution in [3.8, 4) is 0 Å². The summed E-state index contributed by atoms with van der Waals surface area (Å²) in [4.78, 5) is 2.25. The fraction of sp³-hybridized carbons (Fsp3) is 0.786. The van der Waals surface area contributed by atoms with E-state index in [0.29, 0.717) is 0 Å². The van der Waals surface area contributed by atoms with Crippen LogP contribution in [0, 0.1) is 13.8 Å². The van der Waals surface area contributed by atoms with Crippen LogP contribution in [0.4, 0.5) is 0 Å². The molecular formula is C14H27N3O. The molecule has 1 aromatic rings. The molecule has 1 heterocycles. The van der Waals surface area contributed by atoms with Crippen LogP contribution >= 0.6 is 0 Å². The molecule has 0 bridgehead atoms. The number of hydrogen-bond acceptors (Lipinski definition) is 3. The molecule has 4 heteroatoms. The van der Waals surface area contributed by atoms with E-state index < -0.39 is 0 Å². The lowest BCUT2D eigenvalue weighted by Gasteiger charge is -2.17. The number of hydrogen-bond donors (Lipinski definition) is 1. The van der Waals surface area contributed by atoms with Crippen LogP contribution in [0.15, 0.2) is 0 Å². The molecule has 4 nitrogen and oxygen atoms in total. The van der Waals surface area contributed by atoms with Crippen molar-refractivity contribution >= 4 is 0 Å². The third-order valence-electron chi connectivity index (χ3n) is 3.32. The first-order chi connectivity index (χ1) is 8.45. The smallest absolute Gasteiger partial charge is 0.0641 e. The average Bonchev–Trinajstić information content (AvgIpc) is 2.55. The Bertz CT molecular complexity index is 371. The molecule has 0 fully saturated rings. The number of aliphatic hydroxyl groups is 1. The van der Waals surface area contributed by atoms with Gasteiger partial charge in [0, 0.05) is 30.9 Å². The van der Waals surface area contributed by atoms with Crippen LogP contribution in [0.25, 0.3) is 0 Å². The molecule has 1 aromatic heterocycles. The summed E-state index contributed by atoms with van der Waals surface area (Å²) in [5, 5.41) is 13.9. The minimum Gasteiger partial charge on any atom is -0.393 e. The molecule has 0 aliphatic heterocycles. The number of rotatable bonds is 7. The van der Waals surface area contributed by atoms with Crippen LogP contribution in [-0.4, -0.2) is 39.5 Å². The first kappa shape index (κ1) is 15.2. The molecule has 18 heavy (non-hydrogen) atoms. The van der Waals surface area contributed by atoms with Gasteiger partial charge in [-0.25, -0.2) is 0 Å². The van der Waals surface area contributed by atoms with E-state index in [1.165, 1.54) is 11.3 Å². The summed E-state index contributed by atoms with van der Waals surface area (Å²) >= 11 is 0. The Balaban J connectivity index is 2.66. The third-order valence-corrected chi connectivity index (χ3v) is 3.32. The summed E-state index contributed by atoms with van der Waals surface area (Å²) in [6, 6.07) is 0. The molecule has 0 spiro atoms. The third kappa shape index (κ3) is 4.10. The predicted molar refractivity (Wildman–Crippen MR) is 74.6 cm³/mol. The molecule has 1 rings (SSSR count). The summed E-state index contributed by atoms with van der Waals surface area (Å²) in [6.45, 7) is 11.0. The molecule has 1 unspecified atom stereocenters. The molecule has 0 saturated heterocycles. The Morgan fingerprint density at radius 3 is 2.61 bits per heavy atom. The molecule has 0 aliphatic rings. The van der Waals surface area contributed by atoms with Crippen molar-refractivity contribution in [3.05, 3.63) is 17.0 Å². The Hall–Kier alpha value is -0.870. The minimum absolute atomic E-state index is 0.225. The molecule has 0 aliphatic carbocycles. The van der Waals surface area contributed by atoms with Gasteiger partial charge in [0.05, 0.1) is 11.8 Å². The van der Waals surface area contributed by atoms with E-state index in [1.54, 1.807) is 0 Å². The van der Waals surface area contributed by atoms with Crippen LogP contribution in [-0.2, 0) is 13.1 Å². The number of aliphatic hydroxyl groups excluding tert-OH is 1. The molecule has 104 valence electrons. The second-order valence-corrected chi connectivity index (χ2v) is 5.25. The molecule has 0 aromatic carbocycles. The van der Waals surface area contributed by atoms with Gasteiger partial charge in [0.1, 0.15) is 0 Å². The van der Waals surface area contributed by atoms with Gasteiger partial charge in [0.15, 0.2) is 0 Å². The second kappa shape index (κ2) is 6.90. The van der Waals surface area contributed by atoms with E-state index in [4.69, 9.17) is 0 Å². The Kier molecular flexibility index (Phi) is 5.82. The Morgan fingerprint density at radius 2 is 2.06 bits per heavy atom. The predicted octanol–water partition coefficient (Wildman–Crippen LogP) is 2.11. The van der Waals surface area contributed by atoms with Gasteiger partial charge in [-0.1, -0.05) is 6.92 Å². The van der Waals surface area contributed by atoms with Crippen LogP contribution in [0.3, 0.4) is 0 Å². The van der Waals surface area contributed by atoms with Crippen molar-refractivity contribution in [1.29, 1.82) is 0 Å². The maximum absolute atomic E-state index is 9.31. The van der Waals surface area contributed by atoms with E-state index in [2.05, 4.69) is 42.5 Å². The van der Waals surface area contributed by atoms with E-state index in [0.717, 1.165) is 38.2 Å². The van der Waals surface area contributed by atoms with Gasteiger partial charge < -0.3 is 10.0 Å². The van der Waals surface area contributed by atoms with E-state index in [-0.39, 0.29) is 6.10 Å². The van der Waals surface area contributed by atoms with Gasteiger partial charge in [-0.05, 0) is 40.7 Å². The monoisotopic (exact) mass is 253 g/mol. The summed E-state index contributed by atoms with van der Waals surface area (Å²) in [5.41, 5.74) is 3.74. The van der Waals surface area contributed by atoms with E-state index in [9.17, 15) is 5.11 Å². The van der Waals surface area contributed by atoms with Gasteiger partial charge in [0.2, 0.25) is 0 Å². The SMILES string of the molecule is CCCn1nc(C)c(CN(C)CCC(C)O)c1C. The van der Waals surface area contributed by atoms with Crippen LogP contribution in [0.5, 0.6) is 0 Å². The minimum atomic E-state index is -0.225. The quantitative estimate of drug-likeness (QED) is 0.809. The van der Waals surface area contributed by atoms with Crippen LogP contribution in [0.1, 0.15) is 43.6 Å². The standard InChI is InChI=1S/C14H27N3O/c1-6-8-17-13(4)14(12(3)15-17)10-16(5)9-7-11(2)18/h11,18H,6-10H2,1-5H3. The lowest BCUT2D eigenvalue weighted by atomic mass is 10.2. The first-order valence-corrected chi connectivity index (χ1v) is 6.85. The van der Waals surface area contributed by atoms with Crippen molar-refractivity contribution in [3.63, 3.8) is 0 Å². The largest absolute Gasteiger partial charge is 0.393 e. The second-order valence-electron chi connectivity index (χ2n) is 5.25. The van der Waals surface area contributed by atoms with Crippen molar-refractivity contribution in [1.82, 2.24) is 14.7 Å². The average molecular weight is 253 g/mol. The van der Waals surface area contributed by atoms with Gasteiger partial charge >= 0.3 is 0 Å². The number of aromatic nitrogens is 2. The fourth-order valence-electron chi connectivity index (χ4n) is 2.15. The lowest BCUT2D eigenvalue weighted by Crippen LogP contribution is -2.22. The van der Waals surface area contributed by atoms with Crippen LogP contribution in [0.2, 0.25) is 0 Å². The molecule has 0 saturated carbocycles. The van der Waals surface area contributed by atoms with Gasteiger partial charge in [-0.15, -0.1) is 0 Å². The maximum Gasteiger partial charge on any atom is 0.0641 e. The highest BCUT2D eigenvalue weighted by molar-refractivity contribution is 5.24. The zero-order valence-electron chi connectivity index (χ0n) is 12.4. The van der Waals surface area contributed by atoms with E-state index >= 15 is 0 Å². The Labute approximate surface area is 111 Å². The zero-order chi connectivity index (χ0) is 13.7. The van der Waals surface area contributed by atoms with Crippen molar-refractivity contribution in [2.75, 3.05) is 13.6 Å². The highest BCUT2D eigenvalue weighted by atomic mass is 16.3. The summed E-state index contributed by atoms with van der Waals surface area (Å²) in [5.74, 6) is 0. The molecule has 0 radical (unpaired) electrons. The summed E-state index contributed by atoms with van der Waals surface area (Å²) in [6.07, 6.45) is 1.70. The molecule has 1 atom stereocenters. The molecular weight excluding hydrogens is 226 g/mol. The van der Waals surface area contributed by atoms with Gasteiger partial charge in [-0.2, -0.15) is 5.10 Å². The van der Waals surface area contributed by atoms with Gasteiger partial charge in [0.25, 0.3) is 0 Å². The highest BCUT2D eigenvalue weighted by Gasteiger charge is 2.13. The summed E-state index contributed by atoms with van der Waals surface area (Å²) in [7, 11) is 2.10. The zero-order valence-corrected chi connectivity index (χ0v) is 12.4. The van der Waals surface area contributed by atoms with Crippen molar-refractivity contribution < 1.29 is 5.11 Å². The lowest BCUT2D eigenvalue weighted by molar-refractivity contribution is 0.163. The maximum atomic E-state index is 9.31. The van der Waals surface area contributed by atoms with Crippen molar-refractivity contribution in [2.24, 2.45) is 0 Å². The van der Waals surface area contributed by atoms with Crippen molar-refractivity contribution in [2.45, 2.75) is 59.7 Å². The first-order valence-electron chi connectivity index (χ1n) is 6.85. The topological polar surface area (TPSA) is 41.3 Å². The fourth-order valence-corrected chi connectivity index (χ4v) is 2.15. The van der Waals surface area contributed by atoms with Gasteiger partial charge in [-0.3, -0.25) is 4.68 Å². The number of nitrogens with zero attached hydrogens (tertiary/aromatic N) is 3.